The minimum absolute atomic E-state index is 0.169. The molecule has 4 nitrogen and oxygen atoms in total. The van der Waals surface area contributed by atoms with Gasteiger partial charge in [-0.25, -0.2) is 13.1 Å². The second-order valence-electron chi connectivity index (χ2n) is 3.49. The standard InChI is InChI=1S/C10H14ClNO3S/c1-8(13)6-7-12-16(14,15)10-4-2-9(11)3-5-10/h2-5,8,12-13H,6-7H2,1H3. The van der Waals surface area contributed by atoms with Crippen LogP contribution >= 0.6 is 11.6 Å². The Labute approximate surface area is 100 Å². The monoisotopic (exact) mass is 263 g/mol. The smallest absolute Gasteiger partial charge is 0.240 e. The van der Waals surface area contributed by atoms with Gasteiger partial charge in [-0.1, -0.05) is 11.6 Å². The molecule has 0 saturated carbocycles. The highest BCUT2D eigenvalue weighted by molar-refractivity contribution is 7.89. The molecule has 0 aliphatic heterocycles. The lowest BCUT2D eigenvalue weighted by atomic mass is 10.3. The van der Waals surface area contributed by atoms with Crippen LogP contribution in [0, 0.1) is 0 Å². The van der Waals surface area contributed by atoms with Gasteiger partial charge >= 0.3 is 0 Å². The molecule has 1 aromatic rings. The van der Waals surface area contributed by atoms with E-state index in [0.29, 0.717) is 11.4 Å². The van der Waals surface area contributed by atoms with Crippen molar-refractivity contribution in [1.82, 2.24) is 4.72 Å². The van der Waals surface area contributed by atoms with Crippen molar-refractivity contribution in [1.29, 1.82) is 0 Å². The molecule has 0 radical (unpaired) electrons. The molecule has 0 aliphatic carbocycles. The molecule has 1 atom stereocenters. The van der Waals surface area contributed by atoms with E-state index in [1.54, 1.807) is 6.92 Å². The highest BCUT2D eigenvalue weighted by Crippen LogP contribution is 2.13. The highest BCUT2D eigenvalue weighted by Gasteiger charge is 2.12. The van der Waals surface area contributed by atoms with Gasteiger partial charge in [0.25, 0.3) is 0 Å². The van der Waals surface area contributed by atoms with E-state index in [1.807, 2.05) is 0 Å². The lowest BCUT2D eigenvalue weighted by Gasteiger charge is -2.07. The van der Waals surface area contributed by atoms with E-state index in [9.17, 15) is 8.42 Å². The van der Waals surface area contributed by atoms with Crippen molar-refractivity contribution in [2.45, 2.75) is 24.3 Å². The molecule has 90 valence electrons. The lowest BCUT2D eigenvalue weighted by Crippen LogP contribution is -2.26. The summed E-state index contributed by atoms with van der Waals surface area (Å²) in [6.45, 7) is 1.82. The summed E-state index contributed by atoms with van der Waals surface area (Å²) < 4.78 is 25.8. The Kier molecular flexibility index (Phi) is 4.73. The fourth-order valence-corrected chi connectivity index (χ4v) is 2.27. The fourth-order valence-electron chi connectivity index (χ4n) is 1.10. The number of aliphatic hydroxyl groups excluding tert-OH is 1. The molecular weight excluding hydrogens is 250 g/mol. The second-order valence-corrected chi connectivity index (χ2v) is 5.69. The molecule has 0 fully saturated rings. The molecule has 0 spiro atoms. The van der Waals surface area contributed by atoms with E-state index >= 15 is 0 Å². The van der Waals surface area contributed by atoms with Crippen LogP contribution in [-0.2, 0) is 10.0 Å². The zero-order valence-electron chi connectivity index (χ0n) is 8.85. The summed E-state index contributed by atoms with van der Waals surface area (Å²) in [7, 11) is -3.49. The zero-order valence-corrected chi connectivity index (χ0v) is 10.4. The van der Waals surface area contributed by atoms with Crippen LogP contribution in [0.5, 0.6) is 0 Å². The Morgan fingerprint density at radius 3 is 2.44 bits per heavy atom. The van der Waals surface area contributed by atoms with Crippen molar-refractivity contribution >= 4 is 21.6 Å². The molecule has 1 aromatic carbocycles. The summed E-state index contributed by atoms with van der Waals surface area (Å²) in [5, 5.41) is 9.49. The first-order valence-corrected chi connectivity index (χ1v) is 6.71. The number of aliphatic hydroxyl groups is 1. The number of hydrogen-bond donors (Lipinski definition) is 2. The van der Waals surface area contributed by atoms with Gasteiger partial charge in [-0.2, -0.15) is 0 Å². The van der Waals surface area contributed by atoms with Crippen LogP contribution in [0.25, 0.3) is 0 Å². The van der Waals surface area contributed by atoms with Gasteiger partial charge in [0.05, 0.1) is 11.0 Å². The fraction of sp³-hybridized carbons (Fsp3) is 0.400. The third-order valence-corrected chi connectivity index (χ3v) is 3.71. The molecule has 0 bridgehead atoms. The summed E-state index contributed by atoms with van der Waals surface area (Å²) >= 11 is 5.66. The Balaban J connectivity index is 2.67. The van der Waals surface area contributed by atoms with E-state index in [-0.39, 0.29) is 11.4 Å². The quantitative estimate of drug-likeness (QED) is 0.844. The Bertz CT molecular complexity index is 428. The SMILES string of the molecule is CC(O)CCNS(=O)(=O)c1ccc(Cl)cc1. The number of rotatable bonds is 5. The van der Waals surface area contributed by atoms with Gasteiger partial charge in [-0.3, -0.25) is 0 Å². The number of nitrogens with one attached hydrogen (secondary N) is 1. The van der Waals surface area contributed by atoms with Crippen molar-refractivity contribution < 1.29 is 13.5 Å². The Morgan fingerprint density at radius 1 is 1.38 bits per heavy atom. The first kappa shape index (κ1) is 13.4. The van der Waals surface area contributed by atoms with Crippen LogP contribution in [-0.4, -0.2) is 26.2 Å². The maximum absolute atomic E-state index is 11.7. The van der Waals surface area contributed by atoms with E-state index < -0.39 is 16.1 Å². The van der Waals surface area contributed by atoms with Crippen LogP contribution in [0.15, 0.2) is 29.2 Å². The van der Waals surface area contributed by atoms with E-state index in [4.69, 9.17) is 16.7 Å². The molecule has 0 aliphatic rings. The first-order chi connectivity index (χ1) is 7.42. The topological polar surface area (TPSA) is 66.4 Å². The average Bonchev–Trinajstić information content (AvgIpc) is 2.17. The van der Waals surface area contributed by atoms with E-state index in [2.05, 4.69) is 4.72 Å². The molecular formula is C10H14ClNO3S. The molecule has 1 rings (SSSR count). The maximum atomic E-state index is 11.7. The predicted molar refractivity (Wildman–Crippen MR) is 62.9 cm³/mol. The lowest BCUT2D eigenvalue weighted by molar-refractivity contribution is 0.186. The molecule has 0 amide bonds. The minimum atomic E-state index is -3.49. The van der Waals surface area contributed by atoms with Crippen molar-refractivity contribution in [3.63, 3.8) is 0 Å². The Morgan fingerprint density at radius 2 is 1.94 bits per heavy atom. The van der Waals surface area contributed by atoms with Gasteiger partial charge in [0, 0.05) is 11.6 Å². The molecule has 16 heavy (non-hydrogen) atoms. The maximum Gasteiger partial charge on any atom is 0.240 e. The summed E-state index contributed by atoms with van der Waals surface area (Å²) in [6, 6.07) is 5.91. The number of hydrogen-bond acceptors (Lipinski definition) is 3. The van der Waals surface area contributed by atoms with Crippen LogP contribution in [0.4, 0.5) is 0 Å². The van der Waals surface area contributed by atoms with Gasteiger partial charge in [-0.05, 0) is 37.6 Å². The third kappa shape index (κ3) is 4.09. The average molecular weight is 264 g/mol. The molecule has 0 heterocycles. The van der Waals surface area contributed by atoms with Crippen LogP contribution in [0.1, 0.15) is 13.3 Å². The molecule has 1 unspecified atom stereocenters. The van der Waals surface area contributed by atoms with Crippen LogP contribution in [0.2, 0.25) is 5.02 Å². The summed E-state index contributed by atoms with van der Waals surface area (Å²) in [4.78, 5) is 0.169. The zero-order chi connectivity index (χ0) is 12.2. The van der Waals surface area contributed by atoms with Crippen LogP contribution in [0.3, 0.4) is 0 Å². The van der Waals surface area contributed by atoms with Crippen molar-refractivity contribution in [2.75, 3.05) is 6.54 Å². The minimum Gasteiger partial charge on any atom is -0.393 e. The van der Waals surface area contributed by atoms with Gasteiger partial charge < -0.3 is 5.11 Å². The van der Waals surface area contributed by atoms with Crippen molar-refractivity contribution in [2.24, 2.45) is 0 Å². The normalized spacial score (nSPS) is 13.7. The summed E-state index contributed by atoms with van der Waals surface area (Å²) in [5.74, 6) is 0. The largest absolute Gasteiger partial charge is 0.393 e. The van der Waals surface area contributed by atoms with Crippen molar-refractivity contribution in [3.05, 3.63) is 29.3 Å². The molecule has 0 aromatic heterocycles. The van der Waals surface area contributed by atoms with E-state index in [1.165, 1.54) is 24.3 Å². The van der Waals surface area contributed by atoms with Gasteiger partial charge in [0.15, 0.2) is 0 Å². The summed E-state index contributed by atoms with van der Waals surface area (Å²) in [6.07, 6.45) is -0.139. The number of halogens is 1. The molecule has 6 heteroatoms. The van der Waals surface area contributed by atoms with Gasteiger partial charge in [0.2, 0.25) is 10.0 Å². The Hall–Kier alpha value is -0.620. The first-order valence-electron chi connectivity index (χ1n) is 4.85. The predicted octanol–water partition coefficient (Wildman–Crippen LogP) is 1.39. The van der Waals surface area contributed by atoms with Gasteiger partial charge in [-0.15, -0.1) is 0 Å². The van der Waals surface area contributed by atoms with E-state index in [0.717, 1.165) is 0 Å². The highest BCUT2D eigenvalue weighted by atomic mass is 35.5. The van der Waals surface area contributed by atoms with Gasteiger partial charge in [0.1, 0.15) is 0 Å². The third-order valence-electron chi connectivity index (χ3n) is 1.98. The number of sulfonamides is 1. The molecule has 2 N–H and O–H groups in total. The van der Waals surface area contributed by atoms with Crippen LogP contribution < -0.4 is 4.72 Å². The second kappa shape index (κ2) is 5.63. The molecule has 0 saturated heterocycles. The van der Waals surface area contributed by atoms with Crippen molar-refractivity contribution in [3.8, 4) is 0 Å². The number of benzene rings is 1. The summed E-state index contributed by atoms with van der Waals surface area (Å²) in [5.41, 5.74) is 0.